The summed E-state index contributed by atoms with van der Waals surface area (Å²) in [4.78, 5) is 0. The van der Waals surface area contributed by atoms with Crippen LogP contribution in [0.2, 0.25) is 0 Å². The van der Waals surface area contributed by atoms with Crippen molar-refractivity contribution in [3.8, 4) is 0 Å². The molecule has 1 aromatic rings. The van der Waals surface area contributed by atoms with Gasteiger partial charge in [0.25, 0.3) is 0 Å². The van der Waals surface area contributed by atoms with E-state index < -0.39 is 0 Å². The molecule has 4 rings (SSSR count). The molecule has 21 heavy (non-hydrogen) atoms. The Morgan fingerprint density at radius 2 is 1.90 bits per heavy atom. The van der Waals surface area contributed by atoms with E-state index in [-0.39, 0.29) is 0 Å². The van der Waals surface area contributed by atoms with Gasteiger partial charge in [-0.2, -0.15) is 0 Å². The molecular formula is C18H24BrNO. The quantitative estimate of drug-likeness (QED) is 0.839. The maximum absolute atomic E-state index is 6.19. The first-order valence-corrected chi connectivity index (χ1v) is 9.14. The van der Waals surface area contributed by atoms with Crippen molar-refractivity contribution < 1.29 is 4.74 Å². The van der Waals surface area contributed by atoms with Crippen LogP contribution in [-0.2, 0) is 11.2 Å². The van der Waals surface area contributed by atoms with Crippen molar-refractivity contribution in [2.75, 3.05) is 13.2 Å². The van der Waals surface area contributed by atoms with E-state index in [1.54, 1.807) is 0 Å². The summed E-state index contributed by atoms with van der Waals surface area (Å²) in [6.07, 6.45) is 8.32. The Hall–Kier alpha value is -0.380. The maximum Gasteiger partial charge on any atom is 0.0675 e. The van der Waals surface area contributed by atoms with Gasteiger partial charge in [-0.15, -0.1) is 0 Å². The lowest BCUT2D eigenvalue weighted by Gasteiger charge is -2.35. The summed E-state index contributed by atoms with van der Waals surface area (Å²) >= 11 is 3.54. The molecule has 3 heteroatoms. The summed E-state index contributed by atoms with van der Waals surface area (Å²) in [6.45, 7) is 2.08. The van der Waals surface area contributed by atoms with E-state index in [0.29, 0.717) is 11.5 Å². The molecule has 1 aliphatic heterocycles. The van der Waals surface area contributed by atoms with Crippen LogP contribution in [0.4, 0.5) is 0 Å². The third-order valence-electron chi connectivity index (χ3n) is 5.34. The molecule has 1 N–H and O–H groups in total. The second kappa shape index (κ2) is 5.68. The van der Waals surface area contributed by atoms with Gasteiger partial charge in [-0.05, 0) is 62.1 Å². The first-order valence-electron chi connectivity index (χ1n) is 8.35. The fourth-order valence-corrected chi connectivity index (χ4v) is 4.09. The number of hydrogen-bond donors (Lipinski definition) is 1. The first kappa shape index (κ1) is 14.2. The molecule has 2 saturated carbocycles. The Morgan fingerprint density at radius 3 is 2.57 bits per heavy atom. The van der Waals surface area contributed by atoms with Crippen LogP contribution in [0.15, 0.2) is 28.7 Å². The summed E-state index contributed by atoms with van der Waals surface area (Å²) < 4.78 is 7.36. The molecule has 0 radical (unpaired) electrons. The monoisotopic (exact) mass is 349 g/mol. The Bertz CT molecular complexity index is 494. The summed E-state index contributed by atoms with van der Waals surface area (Å²) in [7, 11) is 0. The fourth-order valence-electron chi connectivity index (χ4n) is 3.83. The number of ether oxygens (including phenoxy) is 1. The van der Waals surface area contributed by atoms with Crippen LogP contribution in [0, 0.1) is 11.3 Å². The summed E-state index contributed by atoms with van der Waals surface area (Å²) in [5, 5.41) is 3.79. The lowest BCUT2D eigenvalue weighted by molar-refractivity contribution is 0.0305. The van der Waals surface area contributed by atoms with Gasteiger partial charge in [0.1, 0.15) is 0 Å². The zero-order valence-electron chi connectivity index (χ0n) is 12.5. The maximum atomic E-state index is 6.19. The summed E-state index contributed by atoms with van der Waals surface area (Å²) in [5.74, 6) is 0.823. The van der Waals surface area contributed by atoms with Gasteiger partial charge in [-0.25, -0.2) is 0 Å². The van der Waals surface area contributed by atoms with Crippen LogP contribution in [-0.4, -0.2) is 25.3 Å². The minimum Gasteiger partial charge on any atom is -0.377 e. The van der Waals surface area contributed by atoms with Gasteiger partial charge in [-0.3, -0.25) is 0 Å². The van der Waals surface area contributed by atoms with Crippen LogP contribution in [0.5, 0.6) is 0 Å². The molecule has 2 unspecified atom stereocenters. The molecule has 114 valence electrons. The van der Waals surface area contributed by atoms with Crippen LogP contribution >= 0.6 is 15.9 Å². The number of halogens is 1. The van der Waals surface area contributed by atoms with E-state index in [2.05, 4.69) is 45.5 Å². The van der Waals surface area contributed by atoms with Crippen molar-refractivity contribution in [2.24, 2.45) is 11.3 Å². The molecule has 3 aliphatic rings. The Morgan fingerprint density at radius 1 is 1.14 bits per heavy atom. The average Bonchev–Trinajstić information content (AvgIpc) is 3.40. The van der Waals surface area contributed by atoms with Crippen molar-refractivity contribution >= 4 is 15.9 Å². The normalized spacial score (nSPS) is 32.5. The Balaban J connectivity index is 1.54. The molecule has 2 nitrogen and oxygen atoms in total. The van der Waals surface area contributed by atoms with Crippen LogP contribution in [0.1, 0.15) is 37.7 Å². The second-order valence-electron chi connectivity index (χ2n) is 7.20. The standard InChI is InChI=1S/C18H24BrNO/c19-15-5-1-13(2-6-15)11-18(12-20-16-7-8-16)9-10-21-17(18)14-3-4-14/h1-2,5-6,14,16-17,20H,3-4,7-12H2. The van der Waals surface area contributed by atoms with Gasteiger partial charge >= 0.3 is 0 Å². The van der Waals surface area contributed by atoms with Crippen molar-refractivity contribution in [3.05, 3.63) is 34.3 Å². The van der Waals surface area contributed by atoms with E-state index in [1.165, 1.54) is 37.7 Å². The number of benzene rings is 1. The van der Waals surface area contributed by atoms with E-state index in [4.69, 9.17) is 4.74 Å². The van der Waals surface area contributed by atoms with Gasteiger partial charge < -0.3 is 10.1 Å². The van der Waals surface area contributed by atoms with Gasteiger partial charge in [0.15, 0.2) is 0 Å². The number of rotatable bonds is 6. The molecule has 1 heterocycles. The van der Waals surface area contributed by atoms with Crippen molar-refractivity contribution in [3.63, 3.8) is 0 Å². The number of hydrogen-bond acceptors (Lipinski definition) is 2. The minimum absolute atomic E-state index is 0.317. The van der Waals surface area contributed by atoms with Gasteiger partial charge in [0, 0.05) is 29.1 Å². The molecule has 2 atom stereocenters. The predicted octanol–water partition coefficient (Wildman–Crippen LogP) is 3.93. The molecule has 0 amide bonds. The summed E-state index contributed by atoms with van der Waals surface area (Å²) in [5.41, 5.74) is 1.77. The lowest BCUT2D eigenvalue weighted by Crippen LogP contribution is -2.44. The zero-order chi connectivity index (χ0) is 14.3. The molecular weight excluding hydrogens is 326 g/mol. The highest BCUT2D eigenvalue weighted by Gasteiger charge is 2.51. The number of nitrogens with one attached hydrogen (secondary N) is 1. The third kappa shape index (κ3) is 3.20. The second-order valence-corrected chi connectivity index (χ2v) is 8.12. The highest BCUT2D eigenvalue weighted by molar-refractivity contribution is 9.10. The lowest BCUT2D eigenvalue weighted by atomic mass is 9.74. The van der Waals surface area contributed by atoms with Gasteiger partial charge in [0.05, 0.1) is 6.10 Å². The van der Waals surface area contributed by atoms with E-state index in [0.717, 1.165) is 36.0 Å². The van der Waals surface area contributed by atoms with Crippen LogP contribution in [0.3, 0.4) is 0 Å². The van der Waals surface area contributed by atoms with E-state index in [1.807, 2.05) is 0 Å². The topological polar surface area (TPSA) is 21.3 Å². The average molecular weight is 350 g/mol. The zero-order valence-corrected chi connectivity index (χ0v) is 14.1. The Labute approximate surface area is 135 Å². The van der Waals surface area contributed by atoms with E-state index >= 15 is 0 Å². The first-order chi connectivity index (χ1) is 10.3. The predicted molar refractivity (Wildman–Crippen MR) is 88.4 cm³/mol. The largest absolute Gasteiger partial charge is 0.377 e. The molecule has 1 saturated heterocycles. The molecule has 2 aliphatic carbocycles. The van der Waals surface area contributed by atoms with E-state index in [9.17, 15) is 0 Å². The SMILES string of the molecule is Brc1ccc(CC2(CNC3CC3)CCOC2C2CC2)cc1. The molecule has 0 aromatic heterocycles. The molecule has 0 spiro atoms. The Kier molecular flexibility index (Phi) is 3.85. The highest BCUT2D eigenvalue weighted by atomic mass is 79.9. The fraction of sp³-hybridized carbons (Fsp3) is 0.667. The van der Waals surface area contributed by atoms with Crippen molar-refractivity contribution in [2.45, 2.75) is 50.7 Å². The third-order valence-corrected chi connectivity index (χ3v) is 5.87. The van der Waals surface area contributed by atoms with Gasteiger partial charge in [0.2, 0.25) is 0 Å². The van der Waals surface area contributed by atoms with Crippen LogP contribution < -0.4 is 5.32 Å². The molecule has 0 bridgehead atoms. The van der Waals surface area contributed by atoms with Crippen molar-refractivity contribution in [1.82, 2.24) is 5.32 Å². The smallest absolute Gasteiger partial charge is 0.0675 e. The van der Waals surface area contributed by atoms with Crippen molar-refractivity contribution in [1.29, 1.82) is 0 Å². The minimum atomic E-state index is 0.317. The van der Waals surface area contributed by atoms with Crippen LogP contribution in [0.25, 0.3) is 0 Å². The highest BCUT2D eigenvalue weighted by Crippen LogP contribution is 2.49. The molecule has 1 aromatic carbocycles. The molecule has 3 fully saturated rings. The van der Waals surface area contributed by atoms with Gasteiger partial charge in [-0.1, -0.05) is 28.1 Å². The summed E-state index contributed by atoms with van der Waals surface area (Å²) in [6, 6.07) is 9.65.